The quantitative estimate of drug-likeness (QED) is 0.732. The molecule has 5 nitrogen and oxygen atoms in total. The van der Waals surface area contributed by atoms with Crippen molar-refractivity contribution in [2.45, 2.75) is 26.8 Å². The van der Waals surface area contributed by atoms with Gasteiger partial charge in [-0.2, -0.15) is 5.10 Å². The highest BCUT2D eigenvalue weighted by Crippen LogP contribution is 2.21. The summed E-state index contributed by atoms with van der Waals surface area (Å²) in [6, 6.07) is 0. The van der Waals surface area contributed by atoms with E-state index in [1.54, 1.807) is 7.11 Å². The van der Waals surface area contributed by atoms with Gasteiger partial charge >= 0.3 is 0 Å². The molecule has 110 valence electrons. The minimum atomic E-state index is 0.573. The first-order valence-corrected chi connectivity index (χ1v) is 7.02. The number of likely N-dealkylation sites (N-methyl/N-ethyl adjacent to an activating group) is 1. The number of rotatable bonds is 9. The third-order valence-electron chi connectivity index (χ3n) is 3.17. The Morgan fingerprint density at radius 3 is 2.79 bits per heavy atom. The first kappa shape index (κ1) is 16.0. The minimum absolute atomic E-state index is 0.573. The topological polar surface area (TPSA) is 42.3 Å². The molecule has 0 aliphatic carbocycles. The molecular weight excluding hydrogens is 240 g/mol. The van der Waals surface area contributed by atoms with Crippen LogP contribution in [0.3, 0.4) is 0 Å². The molecule has 1 aromatic heterocycles. The van der Waals surface area contributed by atoms with Gasteiger partial charge in [0.2, 0.25) is 0 Å². The highest BCUT2D eigenvalue weighted by molar-refractivity contribution is 5.25. The molecule has 1 unspecified atom stereocenters. The average molecular weight is 268 g/mol. The van der Waals surface area contributed by atoms with Gasteiger partial charge in [0.15, 0.2) is 5.75 Å². The van der Waals surface area contributed by atoms with Gasteiger partial charge in [0.05, 0.1) is 25.5 Å². The third-order valence-corrected chi connectivity index (χ3v) is 3.17. The SMILES string of the molecule is CCNCC(C)Cc1c(OC)cnn1CCN(C)C. The summed E-state index contributed by atoms with van der Waals surface area (Å²) in [6.07, 6.45) is 2.81. The number of aromatic nitrogens is 2. The summed E-state index contributed by atoms with van der Waals surface area (Å²) >= 11 is 0. The second-order valence-corrected chi connectivity index (χ2v) is 5.30. The van der Waals surface area contributed by atoms with Crippen molar-refractivity contribution in [1.82, 2.24) is 20.0 Å². The summed E-state index contributed by atoms with van der Waals surface area (Å²) in [7, 11) is 5.87. The summed E-state index contributed by atoms with van der Waals surface area (Å²) in [5, 5.41) is 7.83. The summed E-state index contributed by atoms with van der Waals surface area (Å²) in [5.74, 6) is 1.48. The van der Waals surface area contributed by atoms with Gasteiger partial charge in [-0.1, -0.05) is 13.8 Å². The van der Waals surface area contributed by atoms with Crippen LogP contribution in [0.5, 0.6) is 5.75 Å². The molecule has 0 amide bonds. The molecule has 0 saturated carbocycles. The van der Waals surface area contributed by atoms with Gasteiger partial charge < -0.3 is 15.0 Å². The Bertz CT molecular complexity index is 362. The Labute approximate surface area is 116 Å². The number of hydrogen-bond acceptors (Lipinski definition) is 4. The summed E-state index contributed by atoms with van der Waals surface area (Å²) < 4.78 is 7.49. The van der Waals surface area contributed by atoms with Crippen LogP contribution in [0.1, 0.15) is 19.5 Å². The maximum absolute atomic E-state index is 5.42. The second kappa shape index (κ2) is 8.17. The van der Waals surface area contributed by atoms with Crippen LogP contribution >= 0.6 is 0 Å². The van der Waals surface area contributed by atoms with Crippen molar-refractivity contribution in [3.8, 4) is 5.75 Å². The molecule has 0 saturated heterocycles. The summed E-state index contributed by atoms with van der Waals surface area (Å²) in [6.45, 7) is 8.32. The third kappa shape index (κ3) is 5.20. The molecule has 1 atom stereocenters. The fourth-order valence-electron chi connectivity index (χ4n) is 2.05. The van der Waals surface area contributed by atoms with Gasteiger partial charge in [0.25, 0.3) is 0 Å². The van der Waals surface area contributed by atoms with Gasteiger partial charge in [-0.15, -0.1) is 0 Å². The largest absolute Gasteiger partial charge is 0.493 e. The number of hydrogen-bond donors (Lipinski definition) is 1. The van der Waals surface area contributed by atoms with E-state index in [-0.39, 0.29) is 0 Å². The Hall–Kier alpha value is -1.07. The van der Waals surface area contributed by atoms with Crippen molar-refractivity contribution in [3.05, 3.63) is 11.9 Å². The zero-order chi connectivity index (χ0) is 14.3. The van der Waals surface area contributed by atoms with Crippen LogP contribution in [0, 0.1) is 5.92 Å². The summed E-state index contributed by atoms with van der Waals surface area (Å²) in [4.78, 5) is 2.17. The van der Waals surface area contributed by atoms with E-state index >= 15 is 0 Å². The fourth-order valence-corrected chi connectivity index (χ4v) is 2.05. The first-order chi connectivity index (χ1) is 9.08. The molecule has 0 bridgehead atoms. The molecule has 1 heterocycles. The molecule has 0 aliphatic rings. The van der Waals surface area contributed by atoms with E-state index in [1.807, 2.05) is 6.20 Å². The number of methoxy groups -OCH3 is 1. The average Bonchev–Trinajstić information content (AvgIpc) is 2.76. The molecule has 0 aromatic carbocycles. The van der Waals surface area contributed by atoms with Crippen LogP contribution < -0.4 is 10.1 Å². The van der Waals surface area contributed by atoms with E-state index in [0.29, 0.717) is 5.92 Å². The van der Waals surface area contributed by atoms with Gasteiger partial charge in [-0.3, -0.25) is 4.68 Å². The van der Waals surface area contributed by atoms with Gasteiger partial charge in [0.1, 0.15) is 0 Å². The molecule has 0 spiro atoms. The number of ether oxygens (including phenoxy) is 1. The fraction of sp³-hybridized carbons (Fsp3) is 0.786. The molecule has 19 heavy (non-hydrogen) atoms. The lowest BCUT2D eigenvalue weighted by Gasteiger charge is -2.16. The molecule has 1 N–H and O–H groups in total. The number of nitrogens with one attached hydrogen (secondary N) is 1. The minimum Gasteiger partial charge on any atom is -0.493 e. The van der Waals surface area contributed by atoms with E-state index in [0.717, 1.165) is 38.3 Å². The monoisotopic (exact) mass is 268 g/mol. The normalized spacial score (nSPS) is 12.9. The maximum Gasteiger partial charge on any atom is 0.159 e. The van der Waals surface area contributed by atoms with Crippen molar-refractivity contribution in [1.29, 1.82) is 0 Å². The lowest BCUT2D eigenvalue weighted by molar-refractivity contribution is 0.360. The van der Waals surface area contributed by atoms with E-state index in [4.69, 9.17) is 4.74 Å². The zero-order valence-electron chi connectivity index (χ0n) is 12.9. The first-order valence-electron chi connectivity index (χ1n) is 7.02. The highest BCUT2D eigenvalue weighted by Gasteiger charge is 2.14. The lowest BCUT2D eigenvalue weighted by atomic mass is 10.1. The van der Waals surface area contributed by atoms with Crippen molar-refractivity contribution in [3.63, 3.8) is 0 Å². The van der Waals surface area contributed by atoms with E-state index in [9.17, 15) is 0 Å². The van der Waals surface area contributed by atoms with Crippen LogP contribution in [0.2, 0.25) is 0 Å². The Balaban J connectivity index is 2.69. The second-order valence-electron chi connectivity index (χ2n) is 5.30. The molecular formula is C14H28N4O. The summed E-state index contributed by atoms with van der Waals surface area (Å²) in [5.41, 5.74) is 1.20. The zero-order valence-corrected chi connectivity index (χ0v) is 12.9. The molecule has 1 aromatic rings. The van der Waals surface area contributed by atoms with Crippen LogP contribution in [0.4, 0.5) is 0 Å². The van der Waals surface area contributed by atoms with Crippen LogP contribution in [-0.2, 0) is 13.0 Å². The Morgan fingerprint density at radius 1 is 1.47 bits per heavy atom. The Kier molecular flexibility index (Phi) is 6.87. The molecule has 0 aliphatic heterocycles. The molecule has 0 radical (unpaired) electrons. The molecule has 0 fully saturated rings. The standard InChI is InChI=1S/C14H28N4O/c1-6-15-10-12(2)9-13-14(19-5)11-16-18(13)8-7-17(3)4/h11-12,15H,6-10H2,1-5H3. The number of nitrogens with zero attached hydrogens (tertiary/aromatic N) is 3. The maximum atomic E-state index is 5.42. The van der Waals surface area contributed by atoms with Gasteiger partial charge in [-0.05, 0) is 39.5 Å². The van der Waals surface area contributed by atoms with Crippen molar-refractivity contribution in [2.24, 2.45) is 5.92 Å². The van der Waals surface area contributed by atoms with Crippen molar-refractivity contribution < 1.29 is 4.74 Å². The Morgan fingerprint density at radius 2 is 2.21 bits per heavy atom. The van der Waals surface area contributed by atoms with Crippen molar-refractivity contribution in [2.75, 3.05) is 40.8 Å². The van der Waals surface area contributed by atoms with Gasteiger partial charge in [0, 0.05) is 6.54 Å². The van der Waals surface area contributed by atoms with E-state index in [1.165, 1.54) is 5.69 Å². The van der Waals surface area contributed by atoms with E-state index in [2.05, 4.69) is 47.9 Å². The van der Waals surface area contributed by atoms with E-state index < -0.39 is 0 Å². The van der Waals surface area contributed by atoms with Crippen LogP contribution in [-0.4, -0.2) is 55.5 Å². The van der Waals surface area contributed by atoms with Crippen molar-refractivity contribution >= 4 is 0 Å². The van der Waals surface area contributed by atoms with Gasteiger partial charge in [-0.25, -0.2) is 0 Å². The molecule has 5 heteroatoms. The predicted octanol–water partition coefficient (Wildman–Crippen LogP) is 1.24. The molecule has 1 rings (SSSR count). The predicted molar refractivity (Wildman–Crippen MR) is 78.7 cm³/mol. The highest BCUT2D eigenvalue weighted by atomic mass is 16.5. The van der Waals surface area contributed by atoms with Crippen LogP contribution in [0.15, 0.2) is 6.20 Å². The lowest BCUT2D eigenvalue weighted by Crippen LogP contribution is -2.24. The van der Waals surface area contributed by atoms with Crippen LogP contribution in [0.25, 0.3) is 0 Å². The smallest absolute Gasteiger partial charge is 0.159 e.